The molecule has 1 saturated heterocycles. The molecule has 0 atom stereocenters. The van der Waals surface area contributed by atoms with Gasteiger partial charge in [0.2, 0.25) is 5.91 Å². The Kier molecular flexibility index (Phi) is 5.37. The fourth-order valence-corrected chi connectivity index (χ4v) is 3.46. The zero-order valence-electron chi connectivity index (χ0n) is 16.4. The molecule has 4 rings (SSSR count). The maximum Gasteiger partial charge on any atom is 0.227 e. The number of nitrogens with one attached hydrogen (secondary N) is 1. The molecule has 0 saturated carbocycles. The zero-order chi connectivity index (χ0) is 20.2. The average Bonchev–Trinajstić information content (AvgIpc) is 3.29. The lowest BCUT2D eigenvalue weighted by Gasteiger charge is -2.31. The van der Waals surface area contributed by atoms with Crippen LogP contribution in [0.25, 0.3) is 5.82 Å². The molecule has 150 valence electrons. The highest BCUT2D eigenvalue weighted by atomic mass is 16.5. The Bertz CT molecular complexity index is 965. The lowest BCUT2D eigenvalue weighted by molar-refractivity contribution is -0.120. The summed E-state index contributed by atoms with van der Waals surface area (Å²) in [5.41, 5.74) is 1.79. The van der Waals surface area contributed by atoms with Crippen LogP contribution >= 0.6 is 0 Å². The van der Waals surface area contributed by atoms with Crippen LogP contribution in [0.2, 0.25) is 0 Å². The molecule has 0 bridgehead atoms. The van der Waals surface area contributed by atoms with Crippen molar-refractivity contribution in [2.45, 2.75) is 19.8 Å². The molecule has 0 aliphatic carbocycles. The van der Waals surface area contributed by atoms with Crippen LogP contribution in [0.4, 0.5) is 11.5 Å². The van der Waals surface area contributed by atoms with Crippen LogP contribution in [-0.2, 0) is 4.79 Å². The standard InChI is InChI=1S/C20H23N7O2/c1-14-3-4-17(29-2)16(11-14)23-20(28)15-7-9-26(10-8-15)18-5-6-19(25-24-18)27-13-21-12-22-27/h3-6,11-13,15H,7-10H2,1-2H3,(H,23,28). The zero-order valence-corrected chi connectivity index (χ0v) is 16.4. The van der Waals surface area contributed by atoms with Crippen molar-refractivity contribution in [3.63, 3.8) is 0 Å². The monoisotopic (exact) mass is 393 g/mol. The molecule has 9 heteroatoms. The van der Waals surface area contributed by atoms with Gasteiger partial charge in [-0.05, 0) is 49.6 Å². The maximum atomic E-state index is 12.7. The molecule has 3 heterocycles. The molecular weight excluding hydrogens is 370 g/mol. The molecule has 1 aliphatic heterocycles. The van der Waals surface area contributed by atoms with Crippen LogP contribution in [0.1, 0.15) is 18.4 Å². The summed E-state index contributed by atoms with van der Waals surface area (Å²) >= 11 is 0. The highest BCUT2D eigenvalue weighted by molar-refractivity contribution is 5.94. The van der Waals surface area contributed by atoms with E-state index in [1.165, 1.54) is 6.33 Å². The second-order valence-electron chi connectivity index (χ2n) is 7.04. The summed E-state index contributed by atoms with van der Waals surface area (Å²) in [5.74, 6) is 2.07. The average molecular weight is 393 g/mol. The van der Waals surface area contributed by atoms with Gasteiger partial charge in [-0.15, -0.1) is 10.2 Å². The predicted molar refractivity (Wildman–Crippen MR) is 108 cm³/mol. The van der Waals surface area contributed by atoms with E-state index in [4.69, 9.17) is 4.74 Å². The van der Waals surface area contributed by atoms with E-state index in [1.807, 2.05) is 37.3 Å². The molecule has 3 aromatic rings. The number of amides is 1. The third-order valence-corrected chi connectivity index (χ3v) is 5.09. The number of hydrogen-bond acceptors (Lipinski definition) is 7. The van der Waals surface area contributed by atoms with Crippen LogP contribution in [-0.4, -0.2) is 51.1 Å². The van der Waals surface area contributed by atoms with Gasteiger partial charge < -0.3 is 15.0 Å². The Balaban J connectivity index is 1.35. The van der Waals surface area contributed by atoms with Gasteiger partial charge in [0.15, 0.2) is 11.6 Å². The number of rotatable bonds is 5. The smallest absolute Gasteiger partial charge is 0.227 e. The molecule has 0 spiro atoms. The van der Waals surface area contributed by atoms with Gasteiger partial charge in [0.25, 0.3) is 0 Å². The molecule has 29 heavy (non-hydrogen) atoms. The molecule has 1 fully saturated rings. The van der Waals surface area contributed by atoms with Crippen molar-refractivity contribution in [3.05, 3.63) is 48.5 Å². The summed E-state index contributed by atoms with van der Waals surface area (Å²) in [6, 6.07) is 9.54. The number of aryl methyl sites for hydroxylation is 1. The van der Waals surface area contributed by atoms with Crippen LogP contribution < -0.4 is 15.0 Å². The molecule has 1 N–H and O–H groups in total. The molecule has 0 unspecified atom stereocenters. The molecule has 1 aromatic carbocycles. The molecule has 2 aromatic heterocycles. The van der Waals surface area contributed by atoms with Crippen molar-refractivity contribution in [1.82, 2.24) is 25.0 Å². The van der Waals surface area contributed by atoms with E-state index in [0.717, 1.165) is 43.0 Å². The summed E-state index contributed by atoms with van der Waals surface area (Å²) in [7, 11) is 1.61. The molecule has 0 radical (unpaired) electrons. The maximum absolute atomic E-state index is 12.7. The van der Waals surface area contributed by atoms with E-state index in [2.05, 4.69) is 30.5 Å². The van der Waals surface area contributed by atoms with Gasteiger partial charge >= 0.3 is 0 Å². The van der Waals surface area contributed by atoms with Crippen molar-refractivity contribution in [3.8, 4) is 11.6 Å². The number of nitrogens with zero attached hydrogens (tertiary/aromatic N) is 6. The lowest BCUT2D eigenvalue weighted by Crippen LogP contribution is -2.38. The summed E-state index contributed by atoms with van der Waals surface area (Å²) in [5, 5.41) is 15.6. The number of carbonyl (C=O) groups excluding carboxylic acids is 1. The largest absolute Gasteiger partial charge is 0.495 e. The van der Waals surface area contributed by atoms with E-state index in [-0.39, 0.29) is 11.8 Å². The Morgan fingerprint density at radius 1 is 1.14 bits per heavy atom. The number of hydrogen-bond donors (Lipinski definition) is 1. The highest BCUT2D eigenvalue weighted by Crippen LogP contribution is 2.28. The number of methoxy groups -OCH3 is 1. The summed E-state index contributed by atoms with van der Waals surface area (Å²) < 4.78 is 6.91. The van der Waals surface area contributed by atoms with Crippen molar-refractivity contribution in [2.24, 2.45) is 5.92 Å². The van der Waals surface area contributed by atoms with Gasteiger partial charge in [0.1, 0.15) is 18.4 Å². The van der Waals surface area contributed by atoms with Crippen LogP contribution in [0.3, 0.4) is 0 Å². The van der Waals surface area contributed by atoms with Crippen LogP contribution in [0.15, 0.2) is 43.0 Å². The number of anilines is 2. The second-order valence-corrected chi connectivity index (χ2v) is 7.04. The van der Waals surface area contributed by atoms with Gasteiger partial charge in [-0.25, -0.2) is 9.67 Å². The summed E-state index contributed by atoms with van der Waals surface area (Å²) in [6.07, 6.45) is 4.55. The lowest BCUT2D eigenvalue weighted by atomic mass is 9.95. The van der Waals surface area contributed by atoms with E-state index in [0.29, 0.717) is 11.6 Å². The first-order chi connectivity index (χ1) is 14.1. The van der Waals surface area contributed by atoms with Gasteiger partial charge in [0.05, 0.1) is 12.8 Å². The van der Waals surface area contributed by atoms with E-state index in [1.54, 1.807) is 18.1 Å². The Labute approximate surface area is 168 Å². The molecule has 9 nitrogen and oxygen atoms in total. The molecular formula is C20H23N7O2. The fraction of sp³-hybridized carbons (Fsp3) is 0.350. The minimum atomic E-state index is -0.0427. The molecule has 1 aliphatic rings. The topological polar surface area (TPSA) is 98.1 Å². The number of carbonyl (C=O) groups is 1. The quantitative estimate of drug-likeness (QED) is 0.710. The third kappa shape index (κ3) is 4.18. The number of piperidine rings is 1. The highest BCUT2D eigenvalue weighted by Gasteiger charge is 2.26. The third-order valence-electron chi connectivity index (χ3n) is 5.09. The van der Waals surface area contributed by atoms with Gasteiger partial charge in [-0.3, -0.25) is 4.79 Å². The predicted octanol–water partition coefficient (Wildman–Crippen LogP) is 2.23. The number of ether oxygens (including phenoxy) is 1. The van der Waals surface area contributed by atoms with Crippen molar-refractivity contribution in [2.75, 3.05) is 30.4 Å². The summed E-state index contributed by atoms with van der Waals surface area (Å²) in [4.78, 5) is 18.8. The van der Waals surface area contributed by atoms with E-state index < -0.39 is 0 Å². The first-order valence-electron chi connectivity index (χ1n) is 9.53. The molecule has 1 amide bonds. The minimum absolute atomic E-state index is 0.0289. The normalized spacial score (nSPS) is 14.6. The van der Waals surface area contributed by atoms with E-state index in [9.17, 15) is 4.79 Å². The van der Waals surface area contributed by atoms with Gasteiger partial charge in [-0.1, -0.05) is 6.07 Å². The van der Waals surface area contributed by atoms with Crippen molar-refractivity contribution < 1.29 is 9.53 Å². The summed E-state index contributed by atoms with van der Waals surface area (Å²) in [6.45, 7) is 3.49. The van der Waals surface area contributed by atoms with Crippen LogP contribution in [0, 0.1) is 12.8 Å². The van der Waals surface area contributed by atoms with Gasteiger partial charge in [-0.2, -0.15) is 5.10 Å². The number of aromatic nitrogens is 5. The number of benzene rings is 1. The Morgan fingerprint density at radius 2 is 1.90 bits per heavy atom. The van der Waals surface area contributed by atoms with Gasteiger partial charge in [0, 0.05) is 19.0 Å². The Morgan fingerprint density at radius 3 is 2.55 bits per heavy atom. The van der Waals surface area contributed by atoms with E-state index >= 15 is 0 Å². The Hall–Kier alpha value is -3.49. The first kappa shape index (κ1) is 18.9. The minimum Gasteiger partial charge on any atom is -0.495 e. The van der Waals surface area contributed by atoms with Crippen LogP contribution in [0.5, 0.6) is 5.75 Å². The van der Waals surface area contributed by atoms with Crippen molar-refractivity contribution >= 4 is 17.4 Å². The first-order valence-corrected chi connectivity index (χ1v) is 9.53. The SMILES string of the molecule is COc1ccc(C)cc1NC(=O)C1CCN(c2ccc(-n3cncn3)nn2)CC1. The fourth-order valence-electron chi connectivity index (χ4n) is 3.46. The second kappa shape index (κ2) is 8.26. The van der Waals surface area contributed by atoms with Crippen molar-refractivity contribution in [1.29, 1.82) is 0 Å².